The monoisotopic (exact) mass is 314 g/mol. The van der Waals surface area contributed by atoms with Gasteiger partial charge in [0.25, 0.3) is 5.69 Å². The molecule has 1 fully saturated rings. The van der Waals surface area contributed by atoms with Gasteiger partial charge in [-0.2, -0.15) is 0 Å². The van der Waals surface area contributed by atoms with Crippen LogP contribution in [0.5, 0.6) is 0 Å². The van der Waals surface area contributed by atoms with Gasteiger partial charge in [-0.25, -0.2) is 0 Å². The van der Waals surface area contributed by atoms with Crippen LogP contribution in [0.2, 0.25) is 0 Å². The maximum absolute atomic E-state index is 10.9. The second-order valence-corrected chi connectivity index (χ2v) is 5.85. The Kier molecular flexibility index (Phi) is 3.99. The van der Waals surface area contributed by atoms with Crippen LogP contribution in [0.1, 0.15) is 12.5 Å². The van der Waals surface area contributed by atoms with Crippen LogP contribution in [-0.4, -0.2) is 24.7 Å². The van der Waals surface area contributed by atoms with Crippen molar-refractivity contribution in [2.75, 3.05) is 19.8 Å². The normalized spacial score (nSPS) is 17.2. The van der Waals surface area contributed by atoms with Gasteiger partial charge in [0.2, 0.25) is 0 Å². The Morgan fingerprint density at radius 3 is 2.83 bits per heavy atom. The molecule has 0 amide bonds. The highest BCUT2D eigenvalue weighted by Crippen LogP contribution is 2.26. The lowest BCUT2D eigenvalue weighted by atomic mass is 9.89. The lowest BCUT2D eigenvalue weighted by Crippen LogP contribution is -2.47. The molecule has 1 saturated heterocycles. The van der Waals surface area contributed by atoms with Crippen molar-refractivity contribution in [3.8, 4) is 0 Å². The van der Waals surface area contributed by atoms with Crippen LogP contribution in [0.3, 0.4) is 0 Å². The summed E-state index contributed by atoms with van der Waals surface area (Å²) in [6, 6.07) is 4.99. The minimum atomic E-state index is -0.350. The van der Waals surface area contributed by atoms with Crippen LogP contribution in [0, 0.1) is 15.5 Å². The SMILES string of the molecule is CC1(CNCc2cc(Br)ccc2[N+](=O)[O-])COC1. The lowest BCUT2D eigenvalue weighted by molar-refractivity contribution is -0.385. The minimum Gasteiger partial charge on any atom is -0.380 e. The molecule has 0 bridgehead atoms. The van der Waals surface area contributed by atoms with Crippen LogP contribution in [0.4, 0.5) is 5.69 Å². The van der Waals surface area contributed by atoms with E-state index in [1.807, 2.05) is 0 Å². The number of rotatable bonds is 5. The molecule has 0 saturated carbocycles. The fourth-order valence-electron chi connectivity index (χ4n) is 1.93. The molecule has 1 N–H and O–H groups in total. The Bertz CT molecular complexity index is 461. The van der Waals surface area contributed by atoms with Gasteiger partial charge in [-0.15, -0.1) is 0 Å². The van der Waals surface area contributed by atoms with Gasteiger partial charge in [0.15, 0.2) is 0 Å². The third-order valence-corrected chi connectivity index (χ3v) is 3.50. The molecule has 2 rings (SSSR count). The Morgan fingerprint density at radius 1 is 1.56 bits per heavy atom. The number of nitrogens with one attached hydrogen (secondary N) is 1. The molecule has 0 spiro atoms. The second-order valence-electron chi connectivity index (χ2n) is 4.94. The first-order valence-electron chi connectivity index (χ1n) is 5.71. The molecule has 0 atom stereocenters. The van der Waals surface area contributed by atoms with E-state index in [1.165, 1.54) is 6.07 Å². The van der Waals surface area contributed by atoms with Crippen LogP contribution in [0.15, 0.2) is 22.7 Å². The minimum absolute atomic E-state index is 0.153. The zero-order valence-electron chi connectivity index (χ0n) is 10.1. The number of hydrogen-bond donors (Lipinski definition) is 1. The predicted octanol–water partition coefficient (Wildman–Crippen LogP) is 2.48. The summed E-state index contributed by atoms with van der Waals surface area (Å²) in [6.45, 7) is 4.93. The molecule has 0 aliphatic carbocycles. The first-order chi connectivity index (χ1) is 8.50. The van der Waals surface area contributed by atoms with Crippen molar-refractivity contribution in [1.29, 1.82) is 0 Å². The highest BCUT2D eigenvalue weighted by molar-refractivity contribution is 9.10. The van der Waals surface area contributed by atoms with E-state index >= 15 is 0 Å². The van der Waals surface area contributed by atoms with Crippen molar-refractivity contribution in [2.24, 2.45) is 5.41 Å². The van der Waals surface area contributed by atoms with Gasteiger partial charge in [-0.3, -0.25) is 10.1 Å². The number of nitrogens with zero attached hydrogens (tertiary/aromatic N) is 1. The Labute approximate surface area is 114 Å². The van der Waals surface area contributed by atoms with E-state index in [2.05, 4.69) is 28.2 Å². The summed E-state index contributed by atoms with van der Waals surface area (Å²) in [5, 5.41) is 14.2. The van der Waals surface area contributed by atoms with E-state index in [0.717, 1.165) is 24.2 Å². The number of benzene rings is 1. The molecule has 0 unspecified atom stereocenters. The molecule has 0 radical (unpaired) electrons. The number of halogens is 1. The molecule has 1 aliphatic rings. The first-order valence-corrected chi connectivity index (χ1v) is 6.51. The summed E-state index contributed by atoms with van der Waals surface area (Å²) >= 11 is 3.33. The summed E-state index contributed by atoms with van der Waals surface area (Å²) in [5.74, 6) is 0. The zero-order chi connectivity index (χ0) is 13.2. The van der Waals surface area contributed by atoms with Gasteiger partial charge in [0.1, 0.15) is 0 Å². The average molecular weight is 315 g/mol. The fourth-order valence-corrected chi connectivity index (χ4v) is 2.33. The van der Waals surface area contributed by atoms with Gasteiger partial charge in [-0.1, -0.05) is 22.9 Å². The largest absolute Gasteiger partial charge is 0.380 e. The number of hydrogen-bond acceptors (Lipinski definition) is 4. The highest BCUT2D eigenvalue weighted by atomic mass is 79.9. The van der Waals surface area contributed by atoms with E-state index in [1.54, 1.807) is 12.1 Å². The Hall–Kier alpha value is -0.980. The number of nitro groups is 1. The van der Waals surface area contributed by atoms with Crippen LogP contribution in [0.25, 0.3) is 0 Å². The van der Waals surface area contributed by atoms with Gasteiger partial charge in [0.05, 0.1) is 18.1 Å². The molecular formula is C12H15BrN2O3. The van der Waals surface area contributed by atoms with E-state index in [4.69, 9.17) is 4.74 Å². The zero-order valence-corrected chi connectivity index (χ0v) is 11.7. The molecule has 18 heavy (non-hydrogen) atoms. The smallest absolute Gasteiger partial charge is 0.273 e. The lowest BCUT2D eigenvalue weighted by Gasteiger charge is -2.38. The third kappa shape index (κ3) is 3.07. The average Bonchev–Trinajstić information content (AvgIpc) is 2.26. The molecule has 1 heterocycles. The van der Waals surface area contributed by atoms with Crippen molar-refractivity contribution in [3.63, 3.8) is 0 Å². The van der Waals surface area contributed by atoms with Crippen LogP contribution in [-0.2, 0) is 11.3 Å². The molecule has 98 valence electrons. The van der Waals surface area contributed by atoms with Crippen LogP contribution < -0.4 is 5.32 Å². The summed E-state index contributed by atoms with van der Waals surface area (Å²) in [7, 11) is 0. The van der Waals surface area contributed by atoms with Crippen molar-refractivity contribution < 1.29 is 9.66 Å². The van der Waals surface area contributed by atoms with E-state index in [9.17, 15) is 10.1 Å². The highest BCUT2D eigenvalue weighted by Gasteiger charge is 2.32. The second kappa shape index (κ2) is 5.34. The molecule has 6 heteroatoms. The van der Waals surface area contributed by atoms with Gasteiger partial charge in [-0.05, 0) is 12.1 Å². The molecule has 1 aromatic carbocycles. The fraction of sp³-hybridized carbons (Fsp3) is 0.500. The van der Waals surface area contributed by atoms with Crippen molar-refractivity contribution in [2.45, 2.75) is 13.5 Å². The number of nitro benzene ring substituents is 1. The topological polar surface area (TPSA) is 64.4 Å². The molecule has 5 nitrogen and oxygen atoms in total. The third-order valence-electron chi connectivity index (χ3n) is 3.01. The summed E-state index contributed by atoms with van der Waals surface area (Å²) in [6.07, 6.45) is 0. The van der Waals surface area contributed by atoms with E-state index in [0.29, 0.717) is 12.1 Å². The molecule has 1 aromatic rings. The van der Waals surface area contributed by atoms with Gasteiger partial charge >= 0.3 is 0 Å². The van der Waals surface area contributed by atoms with Crippen LogP contribution >= 0.6 is 15.9 Å². The Morgan fingerprint density at radius 2 is 2.28 bits per heavy atom. The molecule has 0 aromatic heterocycles. The van der Waals surface area contributed by atoms with Crippen molar-refractivity contribution in [3.05, 3.63) is 38.3 Å². The number of ether oxygens (including phenoxy) is 1. The predicted molar refractivity (Wildman–Crippen MR) is 71.4 cm³/mol. The standard InChI is InChI=1S/C12H15BrN2O3/c1-12(7-18-8-12)6-14-5-9-4-10(13)2-3-11(9)15(16)17/h2-4,14H,5-8H2,1H3. The summed E-state index contributed by atoms with van der Waals surface area (Å²) in [4.78, 5) is 10.6. The summed E-state index contributed by atoms with van der Waals surface area (Å²) in [5.41, 5.74) is 1.01. The van der Waals surface area contributed by atoms with E-state index < -0.39 is 0 Å². The first kappa shape index (κ1) is 13.5. The molecule has 1 aliphatic heterocycles. The van der Waals surface area contributed by atoms with E-state index in [-0.39, 0.29) is 16.0 Å². The quantitative estimate of drug-likeness (QED) is 0.670. The van der Waals surface area contributed by atoms with Crippen molar-refractivity contribution in [1.82, 2.24) is 5.32 Å². The van der Waals surface area contributed by atoms with Gasteiger partial charge < -0.3 is 10.1 Å². The Balaban J connectivity index is 1.99. The van der Waals surface area contributed by atoms with Gasteiger partial charge in [0, 0.05) is 34.6 Å². The maximum atomic E-state index is 10.9. The van der Waals surface area contributed by atoms with Crippen molar-refractivity contribution >= 4 is 21.6 Å². The summed E-state index contributed by atoms with van der Waals surface area (Å²) < 4.78 is 6.02. The molecular weight excluding hydrogens is 300 g/mol. The maximum Gasteiger partial charge on any atom is 0.273 e.